The van der Waals surface area contributed by atoms with Gasteiger partial charge < -0.3 is 15.1 Å². The molecule has 4 rings (SSSR count). The van der Waals surface area contributed by atoms with Crippen LogP contribution in [0.5, 0.6) is 0 Å². The summed E-state index contributed by atoms with van der Waals surface area (Å²) in [4.78, 5) is 22.9. The van der Waals surface area contributed by atoms with Crippen molar-refractivity contribution in [1.82, 2.24) is 19.7 Å². The fraction of sp³-hybridized carbons (Fsp3) is 0.480. The normalized spacial score (nSPS) is 15.2. The van der Waals surface area contributed by atoms with Crippen molar-refractivity contribution in [3.63, 3.8) is 0 Å². The Bertz CT molecular complexity index is 1080. The predicted octanol–water partition coefficient (Wildman–Crippen LogP) is 4.53. The van der Waals surface area contributed by atoms with E-state index >= 15 is 0 Å². The molecule has 3 heterocycles. The van der Waals surface area contributed by atoms with Crippen LogP contribution in [-0.4, -0.2) is 58.3 Å². The van der Waals surface area contributed by atoms with E-state index in [4.69, 9.17) is 4.98 Å². The van der Waals surface area contributed by atoms with Crippen LogP contribution in [0.15, 0.2) is 36.5 Å². The molecule has 7 heteroatoms. The minimum absolute atomic E-state index is 0.132. The first-order chi connectivity index (χ1) is 15.4. The van der Waals surface area contributed by atoms with Crippen LogP contribution in [0.25, 0.3) is 11.0 Å². The van der Waals surface area contributed by atoms with Crippen molar-refractivity contribution in [1.29, 1.82) is 0 Å². The molecule has 2 aromatic heterocycles. The number of benzene rings is 1. The molecule has 0 saturated carbocycles. The molecule has 1 aliphatic rings. The van der Waals surface area contributed by atoms with Gasteiger partial charge in [0.15, 0.2) is 5.65 Å². The summed E-state index contributed by atoms with van der Waals surface area (Å²) in [7, 11) is 0. The summed E-state index contributed by atoms with van der Waals surface area (Å²) in [5.41, 5.74) is 4.26. The molecule has 1 aromatic carbocycles. The molecular formula is C25H34N6O. The van der Waals surface area contributed by atoms with E-state index in [1.807, 2.05) is 22.9 Å². The topological polar surface area (TPSA) is 66.3 Å². The van der Waals surface area contributed by atoms with E-state index in [1.165, 1.54) is 5.69 Å². The smallest absolute Gasteiger partial charge is 0.256 e. The van der Waals surface area contributed by atoms with Crippen molar-refractivity contribution in [2.75, 3.05) is 42.9 Å². The maximum atomic E-state index is 13.2. The number of piperazine rings is 1. The van der Waals surface area contributed by atoms with Gasteiger partial charge in [-0.1, -0.05) is 20.8 Å². The Morgan fingerprint density at radius 1 is 1.06 bits per heavy atom. The molecule has 1 saturated heterocycles. The molecule has 1 amide bonds. The molecule has 0 radical (unpaired) electrons. The van der Waals surface area contributed by atoms with Gasteiger partial charge in [-0.25, -0.2) is 9.67 Å². The average Bonchev–Trinajstić information content (AvgIpc) is 3.23. The van der Waals surface area contributed by atoms with Crippen LogP contribution in [0.4, 0.5) is 11.4 Å². The molecule has 0 aliphatic carbocycles. The first-order valence-electron chi connectivity index (χ1n) is 11.6. The van der Waals surface area contributed by atoms with Crippen LogP contribution in [0.3, 0.4) is 0 Å². The van der Waals surface area contributed by atoms with E-state index in [1.54, 1.807) is 6.20 Å². The number of likely N-dealkylation sites (N-methyl/N-ethyl adjacent to an activating group) is 1. The van der Waals surface area contributed by atoms with Gasteiger partial charge in [0.1, 0.15) is 0 Å². The summed E-state index contributed by atoms with van der Waals surface area (Å²) in [6.45, 7) is 15.9. The number of nitrogens with one attached hydrogen (secondary N) is 1. The van der Waals surface area contributed by atoms with Crippen molar-refractivity contribution >= 4 is 28.3 Å². The van der Waals surface area contributed by atoms with Crippen molar-refractivity contribution < 1.29 is 4.79 Å². The summed E-state index contributed by atoms with van der Waals surface area (Å²) in [6, 6.07) is 10.2. The number of carbonyl (C=O) groups is 1. The van der Waals surface area contributed by atoms with Gasteiger partial charge in [0.2, 0.25) is 0 Å². The monoisotopic (exact) mass is 434 g/mol. The standard InChI is InChI=1S/C25H34N6O/c1-6-29-11-13-30(14-12-29)20-9-7-19(8-10-20)27-25(32)21-15-23(17(2)3)28-24-22(21)16-26-31(24)18(4)5/h7-10,15-18H,6,11-14H2,1-5H3,(H,27,32). The molecule has 0 bridgehead atoms. The van der Waals surface area contributed by atoms with E-state index in [2.05, 4.69) is 67.0 Å². The van der Waals surface area contributed by atoms with Gasteiger partial charge in [-0.3, -0.25) is 4.79 Å². The number of carbonyl (C=O) groups excluding carboxylic acids is 1. The number of hydrogen-bond donors (Lipinski definition) is 1. The first-order valence-corrected chi connectivity index (χ1v) is 11.6. The Hall–Kier alpha value is -2.93. The second-order valence-corrected chi connectivity index (χ2v) is 9.09. The Morgan fingerprint density at radius 3 is 2.34 bits per heavy atom. The molecule has 32 heavy (non-hydrogen) atoms. The number of nitrogens with zero attached hydrogens (tertiary/aromatic N) is 5. The molecule has 170 valence electrons. The van der Waals surface area contributed by atoms with Gasteiger partial charge in [-0.15, -0.1) is 0 Å². The van der Waals surface area contributed by atoms with Gasteiger partial charge >= 0.3 is 0 Å². The number of anilines is 2. The zero-order valence-electron chi connectivity index (χ0n) is 19.8. The largest absolute Gasteiger partial charge is 0.369 e. The lowest BCUT2D eigenvalue weighted by Crippen LogP contribution is -2.46. The van der Waals surface area contributed by atoms with Crippen LogP contribution >= 0.6 is 0 Å². The lowest BCUT2D eigenvalue weighted by molar-refractivity contribution is 0.102. The highest BCUT2D eigenvalue weighted by atomic mass is 16.1. The van der Waals surface area contributed by atoms with Crippen molar-refractivity contribution in [3.8, 4) is 0 Å². The summed E-state index contributed by atoms with van der Waals surface area (Å²) in [5, 5.41) is 8.34. The zero-order valence-corrected chi connectivity index (χ0v) is 19.8. The number of rotatable bonds is 6. The van der Waals surface area contributed by atoms with E-state index in [0.29, 0.717) is 5.56 Å². The molecular weight excluding hydrogens is 400 g/mol. The van der Waals surface area contributed by atoms with Gasteiger partial charge in [0.25, 0.3) is 5.91 Å². The SMILES string of the molecule is CCN1CCN(c2ccc(NC(=O)c3cc(C(C)C)nc4c3cnn4C(C)C)cc2)CC1. The molecule has 0 unspecified atom stereocenters. The summed E-state index contributed by atoms with van der Waals surface area (Å²) in [6.07, 6.45) is 1.75. The lowest BCUT2D eigenvalue weighted by Gasteiger charge is -2.35. The minimum atomic E-state index is -0.132. The highest BCUT2D eigenvalue weighted by Crippen LogP contribution is 2.26. The summed E-state index contributed by atoms with van der Waals surface area (Å²) < 4.78 is 1.88. The van der Waals surface area contributed by atoms with E-state index in [-0.39, 0.29) is 17.9 Å². The molecule has 1 N–H and O–H groups in total. The van der Waals surface area contributed by atoms with Crippen LogP contribution in [0.2, 0.25) is 0 Å². The Morgan fingerprint density at radius 2 is 1.75 bits per heavy atom. The summed E-state index contributed by atoms with van der Waals surface area (Å²) >= 11 is 0. The summed E-state index contributed by atoms with van der Waals surface area (Å²) in [5.74, 6) is 0.0841. The number of fused-ring (bicyclic) bond motifs is 1. The lowest BCUT2D eigenvalue weighted by atomic mass is 10.0. The Kier molecular flexibility index (Phi) is 6.46. The molecule has 0 atom stereocenters. The predicted molar refractivity (Wildman–Crippen MR) is 131 cm³/mol. The minimum Gasteiger partial charge on any atom is -0.369 e. The third-order valence-electron chi connectivity index (χ3n) is 6.22. The molecule has 0 spiro atoms. The third-order valence-corrected chi connectivity index (χ3v) is 6.22. The highest BCUT2D eigenvalue weighted by Gasteiger charge is 2.20. The van der Waals surface area contributed by atoms with Crippen LogP contribution in [0, 0.1) is 0 Å². The first kappa shape index (κ1) is 22.3. The van der Waals surface area contributed by atoms with Gasteiger partial charge in [0.05, 0.1) is 17.1 Å². The molecule has 1 aliphatic heterocycles. The fourth-order valence-corrected chi connectivity index (χ4v) is 4.18. The van der Waals surface area contributed by atoms with E-state index in [0.717, 1.165) is 55.1 Å². The maximum Gasteiger partial charge on any atom is 0.256 e. The van der Waals surface area contributed by atoms with Crippen molar-refractivity contribution in [2.45, 2.75) is 46.6 Å². The number of aromatic nitrogens is 3. The van der Waals surface area contributed by atoms with Crippen LogP contribution < -0.4 is 10.2 Å². The van der Waals surface area contributed by atoms with E-state index < -0.39 is 0 Å². The van der Waals surface area contributed by atoms with Crippen LogP contribution in [-0.2, 0) is 0 Å². The second kappa shape index (κ2) is 9.28. The molecule has 7 nitrogen and oxygen atoms in total. The number of pyridine rings is 1. The Labute approximate surface area is 190 Å². The third kappa shape index (κ3) is 4.48. The number of hydrogen-bond acceptors (Lipinski definition) is 5. The van der Waals surface area contributed by atoms with Gasteiger partial charge in [-0.2, -0.15) is 5.10 Å². The number of amides is 1. The van der Waals surface area contributed by atoms with Gasteiger partial charge in [-0.05, 0) is 56.6 Å². The van der Waals surface area contributed by atoms with Crippen LogP contribution in [0.1, 0.15) is 62.6 Å². The average molecular weight is 435 g/mol. The zero-order chi connectivity index (χ0) is 22.8. The molecule has 1 fully saturated rings. The highest BCUT2D eigenvalue weighted by molar-refractivity contribution is 6.12. The quantitative estimate of drug-likeness (QED) is 0.617. The maximum absolute atomic E-state index is 13.2. The van der Waals surface area contributed by atoms with E-state index in [9.17, 15) is 4.79 Å². The fourth-order valence-electron chi connectivity index (χ4n) is 4.18. The van der Waals surface area contributed by atoms with Crippen molar-refractivity contribution in [2.24, 2.45) is 0 Å². The second-order valence-electron chi connectivity index (χ2n) is 9.09. The Balaban J connectivity index is 1.55. The molecule has 3 aromatic rings. The van der Waals surface area contributed by atoms with Gasteiger partial charge in [0, 0.05) is 49.3 Å². The van der Waals surface area contributed by atoms with Crippen molar-refractivity contribution in [3.05, 3.63) is 47.8 Å².